The number of nitro groups is 1. The number of rotatable bonds is 6. The molecule has 0 aliphatic heterocycles. The third-order valence-corrected chi connectivity index (χ3v) is 3.91. The van der Waals surface area contributed by atoms with Gasteiger partial charge in [-0.15, -0.1) is 11.8 Å². The Bertz CT molecular complexity index is 694. The maximum Gasteiger partial charge on any atom is 0.274 e. The summed E-state index contributed by atoms with van der Waals surface area (Å²) >= 11 is 1.08. The molecule has 2 aromatic rings. The second-order valence-electron chi connectivity index (χ2n) is 4.38. The van der Waals surface area contributed by atoms with Crippen molar-refractivity contribution < 1.29 is 14.1 Å². The zero-order chi connectivity index (χ0) is 15.9. The van der Waals surface area contributed by atoms with Gasteiger partial charge in [-0.25, -0.2) is 4.39 Å². The van der Waals surface area contributed by atoms with Crippen LogP contribution in [0.3, 0.4) is 0 Å². The van der Waals surface area contributed by atoms with Crippen molar-refractivity contribution in [2.24, 2.45) is 0 Å². The minimum absolute atomic E-state index is 0.0374. The maximum atomic E-state index is 13.4. The van der Waals surface area contributed by atoms with Crippen LogP contribution >= 0.6 is 11.8 Å². The first-order chi connectivity index (χ1) is 10.6. The minimum Gasteiger partial charge on any atom is -0.351 e. The summed E-state index contributed by atoms with van der Waals surface area (Å²) in [6, 6.07) is 12.4. The van der Waals surface area contributed by atoms with Crippen molar-refractivity contribution in [2.75, 3.05) is 5.75 Å². The molecule has 5 nitrogen and oxygen atoms in total. The average Bonchev–Trinajstić information content (AvgIpc) is 2.52. The molecule has 1 N–H and O–H groups in total. The van der Waals surface area contributed by atoms with Gasteiger partial charge < -0.3 is 5.32 Å². The molecule has 0 saturated carbocycles. The van der Waals surface area contributed by atoms with E-state index in [2.05, 4.69) is 5.32 Å². The van der Waals surface area contributed by atoms with Gasteiger partial charge in [0.1, 0.15) is 5.82 Å². The Labute approximate surface area is 130 Å². The topological polar surface area (TPSA) is 72.2 Å². The number of carbonyl (C=O) groups excluding carboxylic acids is 1. The van der Waals surface area contributed by atoms with Crippen LogP contribution in [0, 0.1) is 15.9 Å². The maximum absolute atomic E-state index is 13.4. The summed E-state index contributed by atoms with van der Waals surface area (Å²) < 4.78 is 13.4. The van der Waals surface area contributed by atoms with Crippen LogP contribution in [0.25, 0.3) is 0 Å². The minimum atomic E-state index is -0.490. The van der Waals surface area contributed by atoms with Crippen molar-refractivity contribution in [2.45, 2.75) is 11.4 Å². The molecule has 2 rings (SSSR count). The van der Waals surface area contributed by atoms with E-state index in [9.17, 15) is 19.3 Å². The van der Waals surface area contributed by atoms with Gasteiger partial charge in [0.2, 0.25) is 5.91 Å². The number of amides is 1. The van der Waals surface area contributed by atoms with E-state index in [4.69, 9.17) is 0 Å². The zero-order valence-corrected chi connectivity index (χ0v) is 12.3. The molecular weight excluding hydrogens is 307 g/mol. The van der Waals surface area contributed by atoms with Gasteiger partial charge >= 0.3 is 0 Å². The fourth-order valence-electron chi connectivity index (χ4n) is 1.79. The molecule has 0 heterocycles. The predicted octanol–water partition coefficient (Wildman–Crippen LogP) is 3.14. The summed E-state index contributed by atoms with van der Waals surface area (Å²) in [4.78, 5) is 22.5. The molecule has 0 aliphatic rings. The fourth-order valence-corrected chi connectivity index (χ4v) is 2.56. The Morgan fingerprint density at radius 3 is 2.59 bits per heavy atom. The molecule has 1 amide bonds. The molecular formula is C15H13FN2O3S. The molecule has 22 heavy (non-hydrogen) atoms. The number of hydrogen-bond donors (Lipinski definition) is 1. The smallest absolute Gasteiger partial charge is 0.274 e. The molecule has 0 fully saturated rings. The summed E-state index contributed by atoms with van der Waals surface area (Å²) in [5.41, 5.74) is 0.390. The number of para-hydroxylation sites is 1. The molecule has 0 unspecified atom stereocenters. The van der Waals surface area contributed by atoms with Crippen molar-refractivity contribution in [3.8, 4) is 0 Å². The number of halogens is 1. The van der Waals surface area contributed by atoms with E-state index in [-0.39, 0.29) is 29.7 Å². The summed E-state index contributed by atoms with van der Waals surface area (Å²) in [6.45, 7) is 0.0633. The molecule has 114 valence electrons. The van der Waals surface area contributed by atoms with Crippen LogP contribution in [0.4, 0.5) is 10.1 Å². The lowest BCUT2D eigenvalue weighted by Crippen LogP contribution is -2.25. The van der Waals surface area contributed by atoms with Crippen LogP contribution in [0.1, 0.15) is 5.56 Å². The second-order valence-corrected chi connectivity index (χ2v) is 5.40. The first-order valence-electron chi connectivity index (χ1n) is 6.44. The molecule has 0 atom stereocenters. The molecule has 0 spiro atoms. The van der Waals surface area contributed by atoms with Crippen LogP contribution in [-0.2, 0) is 11.3 Å². The lowest BCUT2D eigenvalue weighted by atomic mass is 10.2. The lowest BCUT2D eigenvalue weighted by Gasteiger charge is -2.06. The summed E-state index contributed by atoms with van der Waals surface area (Å²) in [5, 5.41) is 13.5. The number of benzene rings is 2. The quantitative estimate of drug-likeness (QED) is 0.504. The predicted molar refractivity (Wildman–Crippen MR) is 82.1 cm³/mol. The highest BCUT2D eigenvalue weighted by Gasteiger charge is 2.13. The summed E-state index contributed by atoms with van der Waals surface area (Å²) in [5.74, 6) is -0.646. The molecule has 0 bridgehead atoms. The van der Waals surface area contributed by atoms with Crippen LogP contribution in [0.15, 0.2) is 53.4 Å². The SMILES string of the molecule is O=C(CSc1ccccc1F)NCc1ccccc1[N+](=O)[O-]. The Balaban J connectivity index is 1.89. The Morgan fingerprint density at radius 2 is 1.86 bits per heavy atom. The lowest BCUT2D eigenvalue weighted by molar-refractivity contribution is -0.385. The Kier molecular flexibility index (Phi) is 5.48. The number of hydrogen-bond acceptors (Lipinski definition) is 4. The van der Waals surface area contributed by atoms with Gasteiger partial charge in [-0.3, -0.25) is 14.9 Å². The highest BCUT2D eigenvalue weighted by Crippen LogP contribution is 2.21. The average molecular weight is 320 g/mol. The monoisotopic (exact) mass is 320 g/mol. The zero-order valence-electron chi connectivity index (χ0n) is 11.5. The van der Waals surface area contributed by atoms with E-state index in [1.807, 2.05) is 0 Å². The first-order valence-corrected chi connectivity index (χ1v) is 7.43. The first kappa shape index (κ1) is 16.0. The largest absolute Gasteiger partial charge is 0.351 e. The van der Waals surface area contributed by atoms with Crippen molar-refractivity contribution in [1.82, 2.24) is 5.32 Å². The number of thioether (sulfide) groups is 1. The molecule has 0 aromatic heterocycles. The van der Waals surface area contributed by atoms with E-state index < -0.39 is 4.92 Å². The van der Waals surface area contributed by atoms with Gasteiger partial charge in [0.25, 0.3) is 5.69 Å². The molecule has 2 aromatic carbocycles. The van der Waals surface area contributed by atoms with E-state index in [0.717, 1.165) is 11.8 Å². The van der Waals surface area contributed by atoms with Gasteiger partial charge in [-0.2, -0.15) is 0 Å². The number of carbonyl (C=O) groups is 1. The highest BCUT2D eigenvalue weighted by molar-refractivity contribution is 8.00. The normalized spacial score (nSPS) is 10.2. The van der Waals surface area contributed by atoms with E-state index in [0.29, 0.717) is 10.5 Å². The van der Waals surface area contributed by atoms with Crippen molar-refractivity contribution >= 4 is 23.4 Å². The molecule has 0 radical (unpaired) electrons. The summed E-state index contributed by atoms with van der Waals surface area (Å²) in [7, 11) is 0. The van der Waals surface area contributed by atoms with Crippen molar-refractivity contribution in [3.05, 3.63) is 70.0 Å². The molecule has 7 heteroatoms. The van der Waals surface area contributed by atoms with Gasteiger partial charge in [-0.05, 0) is 12.1 Å². The Morgan fingerprint density at radius 1 is 1.18 bits per heavy atom. The number of nitrogens with one attached hydrogen (secondary N) is 1. The molecule has 0 saturated heterocycles. The van der Waals surface area contributed by atoms with E-state index >= 15 is 0 Å². The van der Waals surface area contributed by atoms with Gasteiger partial charge in [0.05, 0.1) is 10.7 Å². The van der Waals surface area contributed by atoms with Gasteiger partial charge in [0.15, 0.2) is 0 Å². The van der Waals surface area contributed by atoms with Gasteiger partial charge in [-0.1, -0.05) is 30.3 Å². The number of nitrogens with zero attached hydrogens (tertiary/aromatic N) is 1. The van der Waals surface area contributed by atoms with Crippen LogP contribution in [0.2, 0.25) is 0 Å². The Hall–Kier alpha value is -2.41. The van der Waals surface area contributed by atoms with E-state index in [1.54, 1.807) is 36.4 Å². The van der Waals surface area contributed by atoms with Crippen molar-refractivity contribution in [3.63, 3.8) is 0 Å². The van der Waals surface area contributed by atoms with Crippen molar-refractivity contribution in [1.29, 1.82) is 0 Å². The van der Waals surface area contributed by atoms with Crippen LogP contribution in [-0.4, -0.2) is 16.6 Å². The fraction of sp³-hybridized carbons (Fsp3) is 0.133. The summed E-state index contributed by atoms with van der Waals surface area (Å²) in [6.07, 6.45) is 0. The highest BCUT2D eigenvalue weighted by atomic mass is 32.2. The second kappa shape index (κ2) is 7.56. The van der Waals surface area contributed by atoms with Crippen LogP contribution < -0.4 is 5.32 Å². The standard InChI is InChI=1S/C15H13FN2O3S/c16-12-6-2-4-8-14(12)22-10-15(19)17-9-11-5-1-3-7-13(11)18(20)21/h1-8H,9-10H2,(H,17,19). The molecule has 0 aliphatic carbocycles. The number of nitro benzene ring substituents is 1. The van der Waals surface area contributed by atoms with Crippen LogP contribution in [0.5, 0.6) is 0 Å². The van der Waals surface area contributed by atoms with Gasteiger partial charge in [0, 0.05) is 23.1 Å². The third kappa shape index (κ3) is 4.29. The van der Waals surface area contributed by atoms with E-state index in [1.165, 1.54) is 12.1 Å². The third-order valence-electron chi connectivity index (χ3n) is 2.86.